The van der Waals surface area contributed by atoms with Crippen LogP contribution in [0.15, 0.2) is 42.6 Å². The molecule has 16 heavy (non-hydrogen) atoms. The predicted octanol–water partition coefficient (Wildman–Crippen LogP) is 1.64. The highest BCUT2D eigenvalue weighted by Crippen LogP contribution is 2.33. The number of phenols is 1. The molecule has 1 aliphatic heterocycles. The van der Waals surface area contributed by atoms with Crippen LogP contribution in [-0.2, 0) is 0 Å². The summed E-state index contributed by atoms with van der Waals surface area (Å²) in [4.78, 5) is 0. The molecule has 1 aromatic carbocycles. The third-order valence-electron chi connectivity index (χ3n) is 2.90. The lowest BCUT2D eigenvalue weighted by Gasteiger charge is -1.95. The van der Waals surface area contributed by atoms with Crippen molar-refractivity contribution in [3.8, 4) is 17.5 Å². The van der Waals surface area contributed by atoms with Crippen molar-refractivity contribution in [1.29, 1.82) is 5.26 Å². The predicted molar refractivity (Wildman–Crippen MR) is 57.1 cm³/mol. The van der Waals surface area contributed by atoms with Crippen LogP contribution in [0.2, 0.25) is 0 Å². The Morgan fingerprint density at radius 2 is 2.12 bits per heavy atom. The van der Waals surface area contributed by atoms with Gasteiger partial charge in [-0.1, -0.05) is 6.07 Å². The summed E-state index contributed by atoms with van der Waals surface area (Å²) in [6, 6.07) is 13.2. The van der Waals surface area contributed by atoms with Gasteiger partial charge < -0.3 is 5.11 Å². The molecule has 0 aliphatic carbocycles. The lowest BCUT2D eigenvalue weighted by atomic mass is 9.99. The minimum atomic E-state index is -0.239. The maximum absolute atomic E-state index is 9.48. The van der Waals surface area contributed by atoms with Gasteiger partial charge in [0.15, 0.2) is 12.1 Å². The largest absolute Gasteiger partial charge is 0.508 e. The van der Waals surface area contributed by atoms with Crippen molar-refractivity contribution < 1.29 is 9.67 Å². The first-order valence-corrected chi connectivity index (χ1v) is 5.05. The van der Waals surface area contributed by atoms with Crippen molar-refractivity contribution in [1.82, 2.24) is 0 Å². The van der Waals surface area contributed by atoms with E-state index in [1.807, 2.05) is 35.0 Å². The number of nitrogens with zero attached hydrogens (tertiary/aromatic N) is 2. The third-order valence-corrected chi connectivity index (χ3v) is 2.90. The molecule has 1 unspecified atom stereocenters. The molecule has 0 fully saturated rings. The van der Waals surface area contributed by atoms with Crippen molar-refractivity contribution in [2.24, 2.45) is 0 Å². The van der Waals surface area contributed by atoms with Gasteiger partial charge in [0.05, 0.1) is 17.7 Å². The second-order valence-electron chi connectivity index (χ2n) is 3.80. The summed E-state index contributed by atoms with van der Waals surface area (Å²) in [5.41, 5.74) is 2.79. The molecular weight excluding hydrogens is 200 g/mol. The topological polar surface area (TPSA) is 47.9 Å². The van der Waals surface area contributed by atoms with Crippen LogP contribution in [0.3, 0.4) is 0 Å². The molecule has 1 atom stereocenters. The molecule has 0 spiro atoms. The van der Waals surface area contributed by atoms with Crippen molar-refractivity contribution in [3.05, 3.63) is 53.9 Å². The Labute approximate surface area is 92.8 Å². The molecule has 0 bridgehead atoms. The van der Waals surface area contributed by atoms with E-state index in [0.717, 1.165) is 16.9 Å². The number of hydrogen-bond donors (Lipinski definition) is 1. The Bertz CT molecular complexity index is 614. The molecule has 3 nitrogen and oxygen atoms in total. The molecule has 0 saturated heterocycles. The number of hydrogen-bond acceptors (Lipinski definition) is 2. The van der Waals surface area contributed by atoms with E-state index < -0.39 is 0 Å². The quantitative estimate of drug-likeness (QED) is 0.670. The van der Waals surface area contributed by atoms with E-state index in [9.17, 15) is 10.4 Å². The second-order valence-corrected chi connectivity index (χ2v) is 3.80. The van der Waals surface area contributed by atoms with Crippen molar-refractivity contribution in [2.45, 2.75) is 5.92 Å². The molecule has 0 amide bonds. The van der Waals surface area contributed by atoms with Gasteiger partial charge in [0.2, 0.25) is 11.4 Å². The van der Waals surface area contributed by atoms with Crippen LogP contribution in [0.1, 0.15) is 17.2 Å². The smallest absolute Gasteiger partial charge is 0.219 e. The van der Waals surface area contributed by atoms with Gasteiger partial charge in [0, 0.05) is 12.1 Å². The Kier molecular flexibility index (Phi) is 1.72. The van der Waals surface area contributed by atoms with E-state index in [2.05, 4.69) is 6.07 Å². The van der Waals surface area contributed by atoms with Crippen molar-refractivity contribution in [2.75, 3.05) is 0 Å². The van der Waals surface area contributed by atoms with Crippen LogP contribution in [0, 0.1) is 11.3 Å². The fourth-order valence-electron chi connectivity index (χ4n) is 2.19. The molecule has 3 heteroatoms. The SMILES string of the molecule is N#CC1c2ccc(O)cc2-[n+]2ccccc21. The Morgan fingerprint density at radius 1 is 1.25 bits per heavy atom. The average molecular weight is 209 g/mol. The van der Waals surface area contributed by atoms with Gasteiger partial charge in [-0.3, -0.25) is 0 Å². The van der Waals surface area contributed by atoms with Gasteiger partial charge >= 0.3 is 0 Å². The van der Waals surface area contributed by atoms with Gasteiger partial charge in [-0.05, 0) is 12.1 Å². The zero-order valence-electron chi connectivity index (χ0n) is 8.46. The molecule has 2 heterocycles. The normalized spacial score (nSPS) is 16.3. The summed E-state index contributed by atoms with van der Waals surface area (Å²) >= 11 is 0. The lowest BCUT2D eigenvalue weighted by molar-refractivity contribution is -0.598. The zero-order chi connectivity index (χ0) is 11.1. The molecule has 0 radical (unpaired) electrons. The maximum Gasteiger partial charge on any atom is 0.219 e. The molecular formula is C13H9N2O+. The second kappa shape index (κ2) is 3.07. The summed E-state index contributed by atoms with van der Waals surface area (Å²) in [6.45, 7) is 0. The third kappa shape index (κ3) is 1.04. The van der Waals surface area contributed by atoms with E-state index in [0.29, 0.717) is 0 Å². The van der Waals surface area contributed by atoms with Gasteiger partial charge in [-0.15, -0.1) is 0 Å². The van der Waals surface area contributed by atoms with E-state index in [1.165, 1.54) is 0 Å². The molecule has 0 saturated carbocycles. The number of aromatic hydroxyl groups is 1. The molecule has 3 rings (SSSR count). The van der Waals surface area contributed by atoms with Gasteiger partial charge in [-0.2, -0.15) is 9.83 Å². The lowest BCUT2D eigenvalue weighted by Crippen LogP contribution is -2.30. The molecule has 1 aromatic heterocycles. The summed E-state index contributed by atoms with van der Waals surface area (Å²) in [5.74, 6) is -0.0172. The average Bonchev–Trinajstić information content (AvgIpc) is 2.62. The Balaban J connectivity index is 2.36. The number of phenolic OH excluding ortho intramolecular Hbond substituents is 1. The molecule has 1 aliphatic rings. The van der Waals surface area contributed by atoms with Crippen molar-refractivity contribution in [3.63, 3.8) is 0 Å². The fourth-order valence-corrected chi connectivity index (χ4v) is 2.19. The van der Waals surface area contributed by atoms with Crippen LogP contribution in [0.4, 0.5) is 0 Å². The summed E-state index contributed by atoms with van der Waals surface area (Å²) in [7, 11) is 0. The number of rotatable bonds is 0. The zero-order valence-corrected chi connectivity index (χ0v) is 8.46. The standard InChI is InChI=1S/C13H8N2O/c14-8-11-10-5-4-9(16)7-13(10)15-6-2-1-3-12(11)15/h1-7,11H/p+1. The molecule has 1 N–H and O–H groups in total. The highest BCUT2D eigenvalue weighted by Gasteiger charge is 2.36. The Hall–Kier alpha value is -2.34. The highest BCUT2D eigenvalue weighted by atomic mass is 16.3. The monoisotopic (exact) mass is 209 g/mol. The van der Waals surface area contributed by atoms with Crippen LogP contribution in [0.5, 0.6) is 5.75 Å². The number of nitriles is 1. The van der Waals surface area contributed by atoms with Crippen LogP contribution in [0.25, 0.3) is 5.69 Å². The summed E-state index contributed by atoms with van der Waals surface area (Å²) < 4.78 is 1.95. The van der Waals surface area contributed by atoms with Crippen LogP contribution >= 0.6 is 0 Å². The summed E-state index contributed by atoms with van der Waals surface area (Å²) in [6.07, 6.45) is 1.91. The van der Waals surface area contributed by atoms with Gasteiger partial charge in [0.1, 0.15) is 5.75 Å². The van der Waals surface area contributed by atoms with Gasteiger partial charge in [0.25, 0.3) is 0 Å². The first-order chi connectivity index (χ1) is 7.81. The van der Waals surface area contributed by atoms with E-state index >= 15 is 0 Å². The first kappa shape index (κ1) is 8.93. The highest BCUT2D eigenvalue weighted by molar-refractivity contribution is 5.50. The minimum absolute atomic E-state index is 0.222. The van der Waals surface area contributed by atoms with Crippen molar-refractivity contribution >= 4 is 0 Å². The van der Waals surface area contributed by atoms with E-state index in [1.54, 1.807) is 12.1 Å². The fraction of sp³-hybridized carbons (Fsp3) is 0.0769. The van der Waals surface area contributed by atoms with Crippen LogP contribution in [-0.4, -0.2) is 5.11 Å². The molecule has 76 valence electrons. The number of pyridine rings is 1. The maximum atomic E-state index is 9.48. The number of aromatic nitrogens is 1. The Morgan fingerprint density at radius 3 is 2.94 bits per heavy atom. The molecule has 2 aromatic rings. The number of benzene rings is 1. The van der Waals surface area contributed by atoms with E-state index in [4.69, 9.17) is 0 Å². The van der Waals surface area contributed by atoms with Gasteiger partial charge in [-0.25, -0.2) is 0 Å². The van der Waals surface area contributed by atoms with Crippen LogP contribution < -0.4 is 4.57 Å². The minimum Gasteiger partial charge on any atom is -0.508 e. The number of fused-ring (bicyclic) bond motifs is 3. The first-order valence-electron chi connectivity index (χ1n) is 5.05. The van der Waals surface area contributed by atoms with E-state index in [-0.39, 0.29) is 11.7 Å². The summed E-state index contributed by atoms with van der Waals surface area (Å²) in [5, 5.41) is 18.7.